The van der Waals surface area contributed by atoms with Crippen molar-refractivity contribution in [2.75, 3.05) is 0 Å². The fraction of sp³-hybridized carbons (Fsp3) is 0.385. The van der Waals surface area contributed by atoms with Gasteiger partial charge in [-0.25, -0.2) is 0 Å². The molecule has 0 bridgehead atoms. The number of aromatic nitrogens is 1. The molecule has 1 aromatic carbocycles. The second kappa shape index (κ2) is 4.22. The summed E-state index contributed by atoms with van der Waals surface area (Å²) in [6, 6.07) is 6.42. The van der Waals surface area contributed by atoms with E-state index in [-0.39, 0.29) is 0 Å². The number of benzene rings is 1. The second-order valence-corrected chi connectivity index (χ2v) is 5.36. The van der Waals surface area contributed by atoms with Crippen LogP contribution in [0.4, 0.5) is 0 Å². The predicted octanol–water partition coefficient (Wildman–Crippen LogP) is 3.52. The van der Waals surface area contributed by atoms with Gasteiger partial charge in [0.1, 0.15) is 0 Å². The summed E-state index contributed by atoms with van der Waals surface area (Å²) >= 11 is 3.51. The summed E-state index contributed by atoms with van der Waals surface area (Å²) in [6.07, 6.45) is 0. The molecule has 0 aliphatic heterocycles. The van der Waals surface area contributed by atoms with Crippen LogP contribution in [0.2, 0.25) is 0 Å². The van der Waals surface area contributed by atoms with E-state index >= 15 is 0 Å². The van der Waals surface area contributed by atoms with Crippen LogP contribution in [-0.4, -0.2) is 4.57 Å². The summed E-state index contributed by atoms with van der Waals surface area (Å²) in [5.41, 5.74) is 9.73. The topological polar surface area (TPSA) is 30.9 Å². The van der Waals surface area contributed by atoms with Gasteiger partial charge in [0.05, 0.1) is 0 Å². The predicted molar refractivity (Wildman–Crippen MR) is 72.6 cm³/mol. The van der Waals surface area contributed by atoms with E-state index in [4.69, 9.17) is 5.73 Å². The minimum atomic E-state index is 0.503. The quantitative estimate of drug-likeness (QED) is 0.897. The number of rotatable bonds is 2. The molecule has 0 aliphatic carbocycles. The first kappa shape index (κ1) is 11.7. The first-order valence-electron chi connectivity index (χ1n) is 5.53. The Labute approximate surface area is 105 Å². The number of hydrogen-bond donors (Lipinski definition) is 1. The lowest BCUT2D eigenvalue weighted by Crippen LogP contribution is -2.06. The molecular weight excluding hydrogens is 264 g/mol. The molecule has 3 heteroatoms. The van der Waals surface area contributed by atoms with Gasteiger partial charge in [-0.1, -0.05) is 35.8 Å². The Kier molecular flexibility index (Phi) is 3.08. The molecule has 0 saturated carbocycles. The third-order valence-electron chi connectivity index (χ3n) is 3.10. The van der Waals surface area contributed by atoms with E-state index in [1.807, 2.05) is 0 Å². The van der Waals surface area contributed by atoms with Crippen molar-refractivity contribution in [2.45, 2.75) is 26.3 Å². The Morgan fingerprint density at radius 3 is 2.62 bits per heavy atom. The minimum absolute atomic E-state index is 0.503. The molecule has 86 valence electrons. The van der Waals surface area contributed by atoms with Gasteiger partial charge in [0, 0.05) is 34.7 Å². The van der Waals surface area contributed by atoms with Crippen molar-refractivity contribution in [1.29, 1.82) is 0 Å². The molecule has 2 nitrogen and oxygen atoms in total. The highest BCUT2D eigenvalue weighted by Crippen LogP contribution is 2.32. The van der Waals surface area contributed by atoms with Crippen LogP contribution in [0.5, 0.6) is 0 Å². The van der Waals surface area contributed by atoms with Crippen LogP contribution >= 0.6 is 15.9 Å². The standard InChI is InChI=1S/C13H17BrN2/c1-8(2)13-10-5-4-9(14)6-11(10)16(3)12(13)7-15/h4-6,8H,7,15H2,1-3H3. The highest BCUT2D eigenvalue weighted by Gasteiger charge is 2.16. The molecule has 0 aliphatic rings. The zero-order chi connectivity index (χ0) is 11.9. The molecule has 0 radical (unpaired) electrons. The Hall–Kier alpha value is -0.800. The van der Waals surface area contributed by atoms with Gasteiger partial charge < -0.3 is 10.3 Å². The first-order chi connectivity index (χ1) is 7.56. The van der Waals surface area contributed by atoms with Crippen LogP contribution in [0.15, 0.2) is 22.7 Å². The van der Waals surface area contributed by atoms with E-state index in [9.17, 15) is 0 Å². The monoisotopic (exact) mass is 280 g/mol. The van der Waals surface area contributed by atoms with E-state index in [2.05, 4.69) is 59.6 Å². The molecule has 0 saturated heterocycles. The van der Waals surface area contributed by atoms with Crippen LogP contribution in [0.3, 0.4) is 0 Å². The first-order valence-corrected chi connectivity index (χ1v) is 6.32. The summed E-state index contributed by atoms with van der Waals surface area (Å²) in [7, 11) is 2.09. The summed E-state index contributed by atoms with van der Waals surface area (Å²) in [6.45, 7) is 5.03. The summed E-state index contributed by atoms with van der Waals surface area (Å²) in [4.78, 5) is 0. The highest BCUT2D eigenvalue weighted by atomic mass is 79.9. The number of hydrogen-bond acceptors (Lipinski definition) is 1. The Morgan fingerprint density at radius 2 is 2.06 bits per heavy atom. The number of halogens is 1. The van der Waals surface area contributed by atoms with Gasteiger partial charge in [0.25, 0.3) is 0 Å². The van der Waals surface area contributed by atoms with Crippen LogP contribution in [0.25, 0.3) is 10.9 Å². The SMILES string of the molecule is CC(C)c1c(CN)n(C)c2cc(Br)ccc12. The van der Waals surface area contributed by atoms with Crippen LogP contribution in [0.1, 0.15) is 31.0 Å². The van der Waals surface area contributed by atoms with Gasteiger partial charge in [-0.3, -0.25) is 0 Å². The Bertz CT molecular complexity index is 526. The Balaban J connectivity index is 2.86. The molecule has 0 atom stereocenters. The molecule has 2 N–H and O–H groups in total. The maximum Gasteiger partial charge on any atom is 0.0494 e. The van der Waals surface area contributed by atoms with Crippen molar-refractivity contribution in [3.63, 3.8) is 0 Å². The van der Waals surface area contributed by atoms with Crippen molar-refractivity contribution < 1.29 is 0 Å². The average Bonchev–Trinajstić information content (AvgIpc) is 2.51. The van der Waals surface area contributed by atoms with E-state index in [1.165, 1.54) is 22.2 Å². The molecular formula is C13H17BrN2. The fourth-order valence-corrected chi connectivity index (χ4v) is 2.73. The van der Waals surface area contributed by atoms with Gasteiger partial charge in [-0.15, -0.1) is 0 Å². The number of nitrogens with two attached hydrogens (primary N) is 1. The molecule has 0 fully saturated rings. The molecule has 1 aromatic heterocycles. The van der Waals surface area contributed by atoms with Gasteiger partial charge >= 0.3 is 0 Å². The summed E-state index contributed by atoms with van der Waals surface area (Å²) in [5.74, 6) is 0.503. The Morgan fingerprint density at radius 1 is 1.38 bits per heavy atom. The number of fused-ring (bicyclic) bond motifs is 1. The molecule has 2 aromatic rings. The second-order valence-electron chi connectivity index (χ2n) is 4.44. The molecule has 16 heavy (non-hydrogen) atoms. The van der Waals surface area contributed by atoms with Crippen LogP contribution in [-0.2, 0) is 13.6 Å². The van der Waals surface area contributed by atoms with Crippen molar-refractivity contribution >= 4 is 26.8 Å². The van der Waals surface area contributed by atoms with Crippen LogP contribution in [0, 0.1) is 0 Å². The number of nitrogens with zero attached hydrogens (tertiary/aromatic N) is 1. The zero-order valence-electron chi connectivity index (χ0n) is 9.92. The van der Waals surface area contributed by atoms with Gasteiger partial charge in [0.2, 0.25) is 0 Å². The summed E-state index contributed by atoms with van der Waals surface area (Å²) in [5, 5.41) is 1.32. The fourth-order valence-electron chi connectivity index (χ4n) is 2.38. The maximum absolute atomic E-state index is 5.86. The van der Waals surface area contributed by atoms with Crippen molar-refractivity contribution in [1.82, 2.24) is 4.57 Å². The van der Waals surface area contributed by atoms with Gasteiger partial charge in [0.15, 0.2) is 0 Å². The molecule has 0 spiro atoms. The van der Waals surface area contributed by atoms with E-state index < -0.39 is 0 Å². The van der Waals surface area contributed by atoms with E-state index in [1.54, 1.807) is 0 Å². The average molecular weight is 281 g/mol. The minimum Gasteiger partial charge on any atom is -0.346 e. The lowest BCUT2D eigenvalue weighted by molar-refractivity contribution is 0.788. The van der Waals surface area contributed by atoms with Crippen molar-refractivity contribution in [2.24, 2.45) is 12.8 Å². The summed E-state index contributed by atoms with van der Waals surface area (Å²) < 4.78 is 3.31. The lowest BCUT2D eigenvalue weighted by atomic mass is 9.99. The smallest absolute Gasteiger partial charge is 0.0494 e. The third-order valence-corrected chi connectivity index (χ3v) is 3.59. The third kappa shape index (κ3) is 1.68. The van der Waals surface area contributed by atoms with E-state index in [0.29, 0.717) is 12.5 Å². The lowest BCUT2D eigenvalue weighted by Gasteiger charge is -2.08. The number of aryl methyl sites for hydroxylation is 1. The van der Waals surface area contributed by atoms with E-state index in [0.717, 1.165) is 4.47 Å². The van der Waals surface area contributed by atoms with Crippen molar-refractivity contribution in [3.8, 4) is 0 Å². The van der Waals surface area contributed by atoms with Crippen molar-refractivity contribution in [3.05, 3.63) is 33.9 Å². The molecule has 1 heterocycles. The molecule has 0 unspecified atom stereocenters. The normalized spacial score (nSPS) is 11.6. The molecule has 2 rings (SSSR count). The maximum atomic E-state index is 5.86. The largest absolute Gasteiger partial charge is 0.346 e. The zero-order valence-corrected chi connectivity index (χ0v) is 11.5. The highest BCUT2D eigenvalue weighted by molar-refractivity contribution is 9.10. The van der Waals surface area contributed by atoms with Gasteiger partial charge in [-0.05, 0) is 23.6 Å². The van der Waals surface area contributed by atoms with Crippen LogP contribution < -0.4 is 5.73 Å². The van der Waals surface area contributed by atoms with Gasteiger partial charge in [-0.2, -0.15) is 0 Å². The molecule has 0 amide bonds.